The van der Waals surface area contributed by atoms with Gasteiger partial charge in [0.1, 0.15) is 0 Å². The molecule has 1 saturated carbocycles. The summed E-state index contributed by atoms with van der Waals surface area (Å²) in [7, 11) is 1.76. The predicted molar refractivity (Wildman–Crippen MR) is 80.5 cm³/mol. The molecule has 0 aromatic heterocycles. The van der Waals surface area contributed by atoms with Crippen molar-refractivity contribution in [2.45, 2.75) is 57.4 Å². The highest BCUT2D eigenvalue weighted by Crippen LogP contribution is 2.35. The van der Waals surface area contributed by atoms with Crippen LogP contribution in [0.1, 0.15) is 51.4 Å². The molecule has 0 radical (unpaired) electrons. The Morgan fingerprint density at radius 2 is 1.89 bits per heavy atom. The van der Waals surface area contributed by atoms with E-state index in [1.807, 2.05) is 0 Å². The largest absolute Gasteiger partial charge is 0.383 e. The minimum absolute atomic E-state index is 0.829. The van der Waals surface area contributed by atoms with Gasteiger partial charge in [-0.05, 0) is 64.1 Å². The van der Waals surface area contributed by atoms with Crippen molar-refractivity contribution in [2.24, 2.45) is 5.92 Å². The highest BCUT2D eigenvalue weighted by Gasteiger charge is 2.32. The molecule has 0 spiro atoms. The van der Waals surface area contributed by atoms with Crippen molar-refractivity contribution in [1.29, 1.82) is 0 Å². The average molecular weight is 268 g/mol. The summed E-state index contributed by atoms with van der Waals surface area (Å²) in [6, 6.07) is 0.934. The first-order valence-corrected chi connectivity index (χ1v) is 8.35. The van der Waals surface area contributed by atoms with Gasteiger partial charge in [0.2, 0.25) is 0 Å². The number of hydrogen-bond acceptors (Lipinski definition) is 3. The van der Waals surface area contributed by atoms with Crippen LogP contribution in [0.4, 0.5) is 0 Å². The maximum Gasteiger partial charge on any atom is 0.0587 e. The monoisotopic (exact) mass is 268 g/mol. The zero-order valence-corrected chi connectivity index (χ0v) is 12.7. The fourth-order valence-corrected chi connectivity index (χ4v) is 3.87. The van der Waals surface area contributed by atoms with Gasteiger partial charge >= 0.3 is 0 Å². The first-order chi connectivity index (χ1) is 9.42. The Morgan fingerprint density at radius 3 is 2.68 bits per heavy atom. The number of rotatable bonds is 9. The molecule has 1 N–H and O–H groups in total. The number of hydrogen-bond donors (Lipinski definition) is 1. The molecule has 3 nitrogen and oxygen atoms in total. The summed E-state index contributed by atoms with van der Waals surface area (Å²) >= 11 is 0. The molecule has 0 bridgehead atoms. The van der Waals surface area contributed by atoms with Crippen molar-refractivity contribution >= 4 is 0 Å². The number of nitrogens with one attached hydrogen (secondary N) is 1. The van der Waals surface area contributed by atoms with E-state index in [9.17, 15) is 0 Å². The van der Waals surface area contributed by atoms with Gasteiger partial charge in [0, 0.05) is 19.7 Å². The van der Waals surface area contributed by atoms with Gasteiger partial charge in [0.25, 0.3) is 0 Å². The molecule has 1 aliphatic heterocycles. The van der Waals surface area contributed by atoms with Crippen LogP contribution in [0.25, 0.3) is 0 Å². The highest BCUT2D eigenvalue weighted by molar-refractivity contribution is 4.87. The number of likely N-dealkylation sites (tertiary alicyclic amines) is 1. The van der Waals surface area contributed by atoms with Gasteiger partial charge in [-0.3, -0.25) is 0 Å². The number of nitrogens with zero attached hydrogens (tertiary/aromatic N) is 1. The molecule has 3 heteroatoms. The molecular weight excluding hydrogens is 236 g/mol. The first-order valence-electron chi connectivity index (χ1n) is 8.35. The summed E-state index contributed by atoms with van der Waals surface area (Å²) in [5.74, 6) is 1.03. The molecule has 1 saturated heterocycles. The van der Waals surface area contributed by atoms with E-state index in [2.05, 4.69) is 10.2 Å². The van der Waals surface area contributed by atoms with Gasteiger partial charge < -0.3 is 15.0 Å². The molecule has 0 aromatic rings. The van der Waals surface area contributed by atoms with Crippen LogP contribution in [0.2, 0.25) is 0 Å². The van der Waals surface area contributed by atoms with E-state index in [0.717, 1.165) is 31.7 Å². The molecule has 19 heavy (non-hydrogen) atoms. The third-order valence-corrected chi connectivity index (χ3v) is 4.89. The van der Waals surface area contributed by atoms with Crippen LogP contribution in [-0.4, -0.2) is 50.8 Å². The average Bonchev–Trinajstić information content (AvgIpc) is 3.08. The fraction of sp³-hybridized carbons (Fsp3) is 1.00. The predicted octanol–water partition coefficient (Wildman–Crippen LogP) is 2.66. The molecule has 0 amide bonds. The first kappa shape index (κ1) is 15.3. The van der Waals surface area contributed by atoms with Gasteiger partial charge in [0.05, 0.1) is 6.61 Å². The number of unbranched alkanes of at least 4 members (excludes halogenated alkanes) is 1. The van der Waals surface area contributed by atoms with Crippen LogP contribution in [0.15, 0.2) is 0 Å². The molecule has 1 atom stereocenters. The van der Waals surface area contributed by atoms with Crippen LogP contribution < -0.4 is 5.32 Å². The molecule has 0 aromatic carbocycles. The third kappa shape index (κ3) is 5.05. The van der Waals surface area contributed by atoms with Gasteiger partial charge in [-0.2, -0.15) is 0 Å². The lowest BCUT2D eigenvalue weighted by Crippen LogP contribution is -2.35. The minimum atomic E-state index is 0.829. The third-order valence-electron chi connectivity index (χ3n) is 4.89. The Hall–Kier alpha value is -0.120. The van der Waals surface area contributed by atoms with Crippen molar-refractivity contribution in [2.75, 3.05) is 39.9 Å². The summed E-state index contributed by atoms with van der Waals surface area (Å²) in [6.07, 6.45) is 11.5. The lowest BCUT2D eigenvalue weighted by molar-refractivity contribution is 0.186. The zero-order chi connectivity index (χ0) is 13.3. The Labute approximate surface area is 119 Å². The molecule has 2 rings (SSSR count). The highest BCUT2D eigenvalue weighted by atomic mass is 16.5. The van der Waals surface area contributed by atoms with Gasteiger partial charge in [-0.15, -0.1) is 0 Å². The van der Waals surface area contributed by atoms with E-state index in [1.54, 1.807) is 7.11 Å². The van der Waals surface area contributed by atoms with Gasteiger partial charge in [-0.1, -0.05) is 12.8 Å². The van der Waals surface area contributed by atoms with E-state index < -0.39 is 0 Å². The minimum Gasteiger partial charge on any atom is -0.383 e. The van der Waals surface area contributed by atoms with Crippen molar-refractivity contribution in [3.63, 3.8) is 0 Å². The van der Waals surface area contributed by atoms with Crippen LogP contribution in [-0.2, 0) is 4.74 Å². The van der Waals surface area contributed by atoms with Crippen LogP contribution in [0.5, 0.6) is 0 Å². The summed E-state index contributed by atoms with van der Waals surface area (Å²) < 4.78 is 5.03. The molecule has 2 aliphatic rings. The fourth-order valence-electron chi connectivity index (χ4n) is 3.87. The second-order valence-electron chi connectivity index (χ2n) is 6.24. The summed E-state index contributed by atoms with van der Waals surface area (Å²) in [5.41, 5.74) is 0. The van der Waals surface area contributed by atoms with Crippen LogP contribution in [0.3, 0.4) is 0 Å². The SMILES string of the molecule is COCCNCCCCN1CCCC1C1CCCC1. The quantitative estimate of drug-likeness (QED) is 0.651. The number of ether oxygens (including phenoxy) is 1. The summed E-state index contributed by atoms with van der Waals surface area (Å²) in [5, 5.41) is 3.43. The topological polar surface area (TPSA) is 24.5 Å². The molecule has 2 fully saturated rings. The van der Waals surface area contributed by atoms with Crippen molar-refractivity contribution < 1.29 is 4.74 Å². The van der Waals surface area contributed by atoms with Crippen molar-refractivity contribution in [1.82, 2.24) is 10.2 Å². The van der Waals surface area contributed by atoms with Crippen LogP contribution >= 0.6 is 0 Å². The van der Waals surface area contributed by atoms with Crippen LogP contribution in [0, 0.1) is 5.92 Å². The Balaban J connectivity index is 1.54. The lowest BCUT2D eigenvalue weighted by atomic mass is 9.96. The van der Waals surface area contributed by atoms with E-state index in [-0.39, 0.29) is 0 Å². The summed E-state index contributed by atoms with van der Waals surface area (Å²) in [6.45, 7) is 5.65. The normalized spacial score (nSPS) is 25.4. The number of methoxy groups -OCH3 is 1. The maximum absolute atomic E-state index is 5.03. The molecule has 1 aliphatic carbocycles. The maximum atomic E-state index is 5.03. The smallest absolute Gasteiger partial charge is 0.0587 e. The van der Waals surface area contributed by atoms with E-state index in [0.29, 0.717) is 0 Å². The lowest BCUT2D eigenvalue weighted by Gasteiger charge is -2.29. The van der Waals surface area contributed by atoms with E-state index in [4.69, 9.17) is 4.74 Å². The molecular formula is C16H32N2O. The van der Waals surface area contributed by atoms with Gasteiger partial charge in [0.15, 0.2) is 0 Å². The molecule has 1 unspecified atom stereocenters. The van der Waals surface area contributed by atoms with E-state index >= 15 is 0 Å². The standard InChI is InChI=1S/C16H32N2O/c1-19-14-11-17-10-4-5-12-18-13-6-9-16(18)15-7-2-3-8-15/h15-17H,2-14H2,1H3. The summed E-state index contributed by atoms with van der Waals surface area (Å²) in [4.78, 5) is 2.80. The van der Waals surface area contributed by atoms with E-state index in [1.165, 1.54) is 64.5 Å². The second-order valence-corrected chi connectivity index (χ2v) is 6.24. The molecule has 1 heterocycles. The second kappa shape index (κ2) is 8.93. The Kier molecular flexibility index (Phi) is 7.18. The molecule has 112 valence electrons. The van der Waals surface area contributed by atoms with Gasteiger partial charge in [-0.25, -0.2) is 0 Å². The Bertz CT molecular complexity index is 229. The Morgan fingerprint density at radius 1 is 1.05 bits per heavy atom. The van der Waals surface area contributed by atoms with Crippen molar-refractivity contribution in [3.05, 3.63) is 0 Å². The zero-order valence-electron chi connectivity index (χ0n) is 12.7. The van der Waals surface area contributed by atoms with Crippen molar-refractivity contribution in [3.8, 4) is 0 Å².